The summed E-state index contributed by atoms with van der Waals surface area (Å²) >= 11 is 0. The van der Waals surface area contributed by atoms with Gasteiger partial charge in [0.2, 0.25) is 0 Å². The van der Waals surface area contributed by atoms with Crippen LogP contribution in [0.2, 0.25) is 0 Å². The first kappa shape index (κ1) is 12.9. The molecule has 3 atom stereocenters. The fourth-order valence-electron chi connectivity index (χ4n) is 2.54. The first-order valence-corrected chi connectivity index (χ1v) is 5.98. The number of hydrogen-bond acceptors (Lipinski definition) is 3. The van der Waals surface area contributed by atoms with Crippen molar-refractivity contribution in [3.63, 3.8) is 0 Å². The topological polar surface area (TPSA) is 49.5 Å². The largest absolute Gasteiger partial charge is 0.393 e. The van der Waals surface area contributed by atoms with E-state index in [-0.39, 0.29) is 11.5 Å². The second-order valence-corrected chi connectivity index (χ2v) is 5.90. The minimum Gasteiger partial charge on any atom is -0.393 e. The van der Waals surface area contributed by atoms with E-state index < -0.39 is 0 Å². The Morgan fingerprint density at radius 2 is 2.07 bits per heavy atom. The maximum absolute atomic E-state index is 9.57. The second kappa shape index (κ2) is 4.81. The summed E-state index contributed by atoms with van der Waals surface area (Å²) in [6, 6.07) is 0.432. The summed E-state index contributed by atoms with van der Waals surface area (Å²) in [7, 11) is 0. The van der Waals surface area contributed by atoms with Crippen molar-refractivity contribution in [3.05, 3.63) is 0 Å². The molecule has 0 aromatic rings. The van der Waals surface area contributed by atoms with Crippen molar-refractivity contribution in [2.75, 3.05) is 19.6 Å². The van der Waals surface area contributed by atoms with Crippen molar-refractivity contribution in [2.24, 2.45) is 17.1 Å². The van der Waals surface area contributed by atoms with Gasteiger partial charge in [-0.1, -0.05) is 20.8 Å². The van der Waals surface area contributed by atoms with Gasteiger partial charge < -0.3 is 10.8 Å². The summed E-state index contributed by atoms with van der Waals surface area (Å²) in [5.41, 5.74) is 6.08. The monoisotopic (exact) mass is 214 g/mol. The lowest BCUT2D eigenvalue weighted by Crippen LogP contribution is -2.47. The summed E-state index contributed by atoms with van der Waals surface area (Å²) in [5.74, 6) is 0.432. The van der Waals surface area contributed by atoms with E-state index >= 15 is 0 Å². The average Bonchev–Trinajstić information content (AvgIpc) is 2.51. The van der Waals surface area contributed by atoms with Gasteiger partial charge in [-0.3, -0.25) is 4.90 Å². The highest BCUT2D eigenvalue weighted by atomic mass is 16.3. The average molecular weight is 214 g/mol. The molecule has 0 radical (unpaired) electrons. The fraction of sp³-hybridized carbons (Fsp3) is 1.00. The van der Waals surface area contributed by atoms with Crippen molar-refractivity contribution in [2.45, 2.75) is 46.3 Å². The molecule has 1 saturated heterocycles. The predicted molar refractivity (Wildman–Crippen MR) is 63.7 cm³/mol. The van der Waals surface area contributed by atoms with Crippen LogP contribution in [0.4, 0.5) is 0 Å². The van der Waals surface area contributed by atoms with E-state index in [1.54, 1.807) is 0 Å². The number of aliphatic hydroxyl groups is 1. The third kappa shape index (κ3) is 3.16. The van der Waals surface area contributed by atoms with Gasteiger partial charge in [-0.2, -0.15) is 0 Å². The zero-order chi connectivity index (χ0) is 11.6. The van der Waals surface area contributed by atoms with Gasteiger partial charge in [-0.25, -0.2) is 0 Å². The van der Waals surface area contributed by atoms with E-state index in [9.17, 15) is 5.11 Å². The van der Waals surface area contributed by atoms with Gasteiger partial charge in [0.15, 0.2) is 0 Å². The third-order valence-electron chi connectivity index (χ3n) is 3.60. The number of likely N-dealkylation sites (tertiary alicyclic amines) is 1. The standard InChI is InChI=1S/C12H26N2O/c1-9(15)10-5-6-14(8-10)11(7-13)12(2,3)4/h9-11,15H,5-8,13H2,1-4H3. The summed E-state index contributed by atoms with van der Waals surface area (Å²) < 4.78 is 0. The Bertz CT molecular complexity index is 198. The van der Waals surface area contributed by atoms with Crippen LogP contribution in [-0.4, -0.2) is 41.8 Å². The Kier molecular flexibility index (Phi) is 4.15. The van der Waals surface area contributed by atoms with E-state index in [1.165, 1.54) is 0 Å². The SMILES string of the molecule is CC(O)C1CCN(C(CN)C(C)(C)C)C1. The Balaban J connectivity index is 2.58. The van der Waals surface area contributed by atoms with Gasteiger partial charge in [0, 0.05) is 19.1 Å². The Hall–Kier alpha value is -0.120. The van der Waals surface area contributed by atoms with Crippen molar-refractivity contribution in [3.8, 4) is 0 Å². The lowest BCUT2D eigenvalue weighted by molar-refractivity contribution is 0.0971. The molecule has 0 amide bonds. The van der Waals surface area contributed by atoms with Crippen LogP contribution < -0.4 is 5.73 Å². The molecule has 1 aliphatic heterocycles. The van der Waals surface area contributed by atoms with Crippen LogP contribution in [0.1, 0.15) is 34.1 Å². The summed E-state index contributed by atoms with van der Waals surface area (Å²) in [6.45, 7) is 11.4. The van der Waals surface area contributed by atoms with Crippen LogP contribution >= 0.6 is 0 Å². The molecule has 3 unspecified atom stereocenters. The molecule has 0 aromatic heterocycles. The zero-order valence-electron chi connectivity index (χ0n) is 10.5. The highest BCUT2D eigenvalue weighted by Gasteiger charge is 2.35. The van der Waals surface area contributed by atoms with E-state index in [4.69, 9.17) is 5.73 Å². The molecule has 3 nitrogen and oxygen atoms in total. The van der Waals surface area contributed by atoms with Crippen molar-refractivity contribution in [1.82, 2.24) is 4.90 Å². The molecule has 0 bridgehead atoms. The molecule has 0 aromatic carbocycles. The highest BCUT2D eigenvalue weighted by molar-refractivity contribution is 4.89. The molecule has 90 valence electrons. The van der Waals surface area contributed by atoms with Crippen LogP contribution in [0, 0.1) is 11.3 Å². The van der Waals surface area contributed by atoms with E-state index in [1.807, 2.05) is 6.92 Å². The Labute approximate surface area is 93.6 Å². The number of hydrogen-bond donors (Lipinski definition) is 2. The quantitative estimate of drug-likeness (QED) is 0.738. The first-order valence-electron chi connectivity index (χ1n) is 5.98. The molecular formula is C12H26N2O. The van der Waals surface area contributed by atoms with E-state index in [2.05, 4.69) is 25.7 Å². The van der Waals surface area contributed by atoms with E-state index in [0.717, 1.165) is 19.5 Å². The van der Waals surface area contributed by atoms with Crippen LogP contribution in [0.15, 0.2) is 0 Å². The molecule has 3 heteroatoms. The molecule has 1 aliphatic rings. The zero-order valence-corrected chi connectivity index (χ0v) is 10.5. The smallest absolute Gasteiger partial charge is 0.0552 e. The molecule has 0 saturated carbocycles. The van der Waals surface area contributed by atoms with Gasteiger partial charge in [0.25, 0.3) is 0 Å². The molecule has 1 rings (SSSR count). The van der Waals surface area contributed by atoms with Gasteiger partial charge in [0.05, 0.1) is 6.10 Å². The summed E-state index contributed by atoms with van der Waals surface area (Å²) in [5, 5.41) is 9.57. The minimum absolute atomic E-state index is 0.187. The summed E-state index contributed by atoms with van der Waals surface area (Å²) in [6.07, 6.45) is 0.915. The number of rotatable bonds is 3. The van der Waals surface area contributed by atoms with E-state index in [0.29, 0.717) is 18.5 Å². The van der Waals surface area contributed by atoms with Gasteiger partial charge >= 0.3 is 0 Å². The number of nitrogens with zero attached hydrogens (tertiary/aromatic N) is 1. The lowest BCUT2D eigenvalue weighted by Gasteiger charge is -2.37. The Morgan fingerprint density at radius 1 is 1.47 bits per heavy atom. The summed E-state index contributed by atoms with van der Waals surface area (Å²) in [4.78, 5) is 2.44. The molecule has 1 heterocycles. The number of aliphatic hydroxyl groups excluding tert-OH is 1. The predicted octanol–water partition coefficient (Wildman–Crippen LogP) is 1.06. The Morgan fingerprint density at radius 3 is 2.40 bits per heavy atom. The van der Waals surface area contributed by atoms with Crippen LogP contribution in [0.3, 0.4) is 0 Å². The molecule has 0 aliphatic carbocycles. The minimum atomic E-state index is -0.187. The first-order chi connectivity index (χ1) is 6.86. The normalized spacial score (nSPS) is 28.0. The van der Waals surface area contributed by atoms with Crippen molar-refractivity contribution >= 4 is 0 Å². The molecule has 0 spiro atoms. The fourth-order valence-corrected chi connectivity index (χ4v) is 2.54. The maximum Gasteiger partial charge on any atom is 0.0552 e. The third-order valence-corrected chi connectivity index (χ3v) is 3.60. The lowest BCUT2D eigenvalue weighted by atomic mass is 9.86. The second-order valence-electron chi connectivity index (χ2n) is 5.90. The molecule has 1 fully saturated rings. The number of nitrogens with two attached hydrogens (primary N) is 1. The van der Waals surface area contributed by atoms with Crippen molar-refractivity contribution in [1.29, 1.82) is 0 Å². The van der Waals surface area contributed by atoms with Gasteiger partial charge in [0.1, 0.15) is 0 Å². The molecule has 15 heavy (non-hydrogen) atoms. The van der Waals surface area contributed by atoms with Crippen molar-refractivity contribution < 1.29 is 5.11 Å². The highest BCUT2D eigenvalue weighted by Crippen LogP contribution is 2.29. The van der Waals surface area contributed by atoms with Gasteiger partial charge in [-0.05, 0) is 31.2 Å². The van der Waals surface area contributed by atoms with Crippen LogP contribution in [-0.2, 0) is 0 Å². The van der Waals surface area contributed by atoms with Crippen LogP contribution in [0.25, 0.3) is 0 Å². The van der Waals surface area contributed by atoms with Crippen LogP contribution in [0.5, 0.6) is 0 Å². The van der Waals surface area contributed by atoms with Gasteiger partial charge in [-0.15, -0.1) is 0 Å². The molecule has 3 N–H and O–H groups in total. The maximum atomic E-state index is 9.57. The molecular weight excluding hydrogens is 188 g/mol.